The van der Waals surface area contributed by atoms with Crippen molar-refractivity contribution in [1.29, 1.82) is 0 Å². The van der Waals surface area contributed by atoms with E-state index in [0.29, 0.717) is 6.61 Å². The van der Waals surface area contributed by atoms with Crippen LogP contribution in [0.25, 0.3) is 0 Å². The second-order valence-corrected chi connectivity index (χ2v) is 3.05. The molecule has 0 atom stereocenters. The molecule has 2 nitrogen and oxygen atoms in total. The summed E-state index contributed by atoms with van der Waals surface area (Å²) in [5, 5.41) is 3.12. The highest BCUT2D eigenvalue weighted by Gasteiger charge is 1.95. The fourth-order valence-corrected chi connectivity index (χ4v) is 1.20. The highest BCUT2D eigenvalue weighted by Crippen LogP contribution is 2.09. The second-order valence-electron chi connectivity index (χ2n) is 3.05. The summed E-state index contributed by atoms with van der Waals surface area (Å²) in [6.45, 7) is 3.67. The molecule has 14 heavy (non-hydrogen) atoms. The van der Waals surface area contributed by atoms with Gasteiger partial charge in [0.25, 0.3) is 0 Å². The standard InChI is InChI=1S/C12H17NO/c1-3-14-12-6-4-5-11(7-8-12)9-10-13-2/h5-8,13H,3,9-10H2,1-2H3. The molecule has 1 aliphatic rings. The first kappa shape index (κ1) is 10.8. The lowest BCUT2D eigenvalue weighted by molar-refractivity contribution is 0.243. The summed E-state index contributed by atoms with van der Waals surface area (Å²) in [6, 6.07) is 0. The molecule has 0 amide bonds. The van der Waals surface area contributed by atoms with Gasteiger partial charge in [-0.05, 0) is 44.7 Å². The van der Waals surface area contributed by atoms with Gasteiger partial charge in [0.2, 0.25) is 0 Å². The van der Waals surface area contributed by atoms with Gasteiger partial charge in [-0.15, -0.1) is 5.73 Å². The fourth-order valence-electron chi connectivity index (χ4n) is 1.20. The first-order valence-corrected chi connectivity index (χ1v) is 4.97. The maximum absolute atomic E-state index is 5.38. The van der Waals surface area contributed by atoms with Gasteiger partial charge >= 0.3 is 0 Å². The molecule has 1 aliphatic carbocycles. The van der Waals surface area contributed by atoms with Crippen LogP contribution in [-0.2, 0) is 4.74 Å². The maximum atomic E-state index is 5.38. The Morgan fingerprint density at radius 3 is 2.93 bits per heavy atom. The van der Waals surface area contributed by atoms with E-state index in [0.717, 1.165) is 18.7 Å². The molecule has 1 N–H and O–H groups in total. The van der Waals surface area contributed by atoms with Gasteiger partial charge in [-0.25, -0.2) is 0 Å². The third-order valence-corrected chi connectivity index (χ3v) is 1.93. The summed E-state index contributed by atoms with van der Waals surface area (Å²) in [4.78, 5) is 0. The van der Waals surface area contributed by atoms with Crippen LogP contribution in [0.15, 0.2) is 41.4 Å². The van der Waals surface area contributed by atoms with Crippen molar-refractivity contribution >= 4 is 0 Å². The van der Waals surface area contributed by atoms with Crippen LogP contribution in [0.1, 0.15) is 13.3 Å². The Bertz CT molecular complexity index is 293. The number of ether oxygens (including phenoxy) is 1. The molecule has 2 heteroatoms. The Balaban J connectivity index is 2.60. The Labute approximate surface area is 85.7 Å². The topological polar surface area (TPSA) is 21.3 Å². The quantitative estimate of drug-likeness (QED) is 0.672. The molecule has 0 spiro atoms. The third kappa shape index (κ3) is 3.65. The summed E-state index contributed by atoms with van der Waals surface area (Å²) >= 11 is 0. The van der Waals surface area contributed by atoms with Gasteiger partial charge in [-0.3, -0.25) is 0 Å². The average Bonchev–Trinajstić information content (AvgIpc) is 2.41. The van der Waals surface area contributed by atoms with Gasteiger partial charge in [0.1, 0.15) is 5.76 Å². The normalized spacial score (nSPS) is 14.7. The van der Waals surface area contributed by atoms with Crippen LogP contribution in [-0.4, -0.2) is 20.2 Å². The zero-order valence-electron chi connectivity index (χ0n) is 8.84. The predicted octanol–water partition coefficient (Wildman–Crippen LogP) is 2.17. The van der Waals surface area contributed by atoms with E-state index in [4.69, 9.17) is 4.74 Å². The van der Waals surface area contributed by atoms with Gasteiger partial charge in [-0.2, -0.15) is 0 Å². The van der Waals surface area contributed by atoms with Crippen LogP contribution in [0.3, 0.4) is 0 Å². The van der Waals surface area contributed by atoms with Crippen LogP contribution in [0.5, 0.6) is 0 Å². The SMILES string of the molecule is CCOC1=CC=C(CCNC)C=C=C1. The van der Waals surface area contributed by atoms with E-state index in [9.17, 15) is 0 Å². The summed E-state index contributed by atoms with van der Waals surface area (Å²) in [6.07, 6.45) is 8.96. The summed E-state index contributed by atoms with van der Waals surface area (Å²) in [7, 11) is 1.96. The Morgan fingerprint density at radius 2 is 2.21 bits per heavy atom. The zero-order valence-corrected chi connectivity index (χ0v) is 8.84. The van der Waals surface area contributed by atoms with E-state index < -0.39 is 0 Å². The Kier molecular flexibility index (Phi) is 4.84. The molecule has 0 aromatic carbocycles. The lowest BCUT2D eigenvalue weighted by Crippen LogP contribution is -2.07. The minimum absolute atomic E-state index is 0.698. The molecule has 0 saturated heterocycles. The van der Waals surface area contributed by atoms with Crippen LogP contribution in [0, 0.1) is 0 Å². The van der Waals surface area contributed by atoms with Crippen molar-refractivity contribution in [1.82, 2.24) is 5.32 Å². The molecule has 0 aromatic heterocycles. The minimum Gasteiger partial charge on any atom is -0.493 e. The number of hydrogen-bond acceptors (Lipinski definition) is 2. The number of hydrogen-bond donors (Lipinski definition) is 1. The average molecular weight is 191 g/mol. The van der Waals surface area contributed by atoms with E-state index in [1.165, 1.54) is 5.57 Å². The van der Waals surface area contributed by atoms with Crippen LogP contribution in [0.2, 0.25) is 0 Å². The maximum Gasteiger partial charge on any atom is 0.126 e. The van der Waals surface area contributed by atoms with Crippen LogP contribution in [0.4, 0.5) is 0 Å². The molecule has 0 radical (unpaired) electrons. The lowest BCUT2D eigenvalue weighted by atomic mass is 10.2. The van der Waals surface area contributed by atoms with Crippen molar-refractivity contribution in [3.63, 3.8) is 0 Å². The van der Waals surface area contributed by atoms with Gasteiger partial charge in [0.15, 0.2) is 0 Å². The van der Waals surface area contributed by atoms with Crippen molar-refractivity contribution in [3.8, 4) is 0 Å². The highest BCUT2D eigenvalue weighted by molar-refractivity contribution is 5.31. The zero-order chi connectivity index (χ0) is 10.2. The molecule has 0 unspecified atom stereocenters. The molecular formula is C12H17NO. The van der Waals surface area contributed by atoms with Gasteiger partial charge < -0.3 is 10.1 Å². The number of nitrogens with one attached hydrogen (secondary N) is 1. The molecule has 0 bridgehead atoms. The monoisotopic (exact) mass is 191 g/mol. The molecular weight excluding hydrogens is 174 g/mol. The predicted molar refractivity (Wildman–Crippen MR) is 59.0 cm³/mol. The van der Waals surface area contributed by atoms with Gasteiger partial charge in [0.05, 0.1) is 6.61 Å². The van der Waals surface area contributed by atoms with E-state index in [-0.39, 0.29) is 0 Å². The molecule has 1 rings (SSSR count). The Morgan fingerprint density at radius 1 is 1.36 bits per heavy atom. The van der Waals surface area contributed by atoms with Gasteiger partial charge in [0, 0.05) is 6.08 Å². The summed E-state index contributed by atoms with van der Waals surface area (Å²) in [5.74, 6) is 0.878. The lowest BCUT2D eigenvalue weighted by Gasteiger charge is -2.00. The fraction of sp³-hybridized carbons (Fsp3) is 0.417. The van der Waals surface area contributed by atoms with Crippen molar-refractivity contribution in [2.45, 2.75) is 13.3 Å². The van der Waals surface area contributed by atoms with E-state index in [2.05, 4.69) is 17.1 Å². The molecule has 0 aliphatic heterocycles. The molecule has 0 fully saturated rings. The van der Waals surface area contributed by atoms with Crippen LogP contribution >= 0.6 is 0 Å². The number of allylic oxidation sites excluding steroid dienone is 3. The van der Waals surface area contributed by atoms with Crippen molar-refractivity contribution in [2.24, 2.45) is 0 Å². The Hall–Kier alpha value is -1.24. The third-order valence-electron chi connectivity index (χ3n) is 1.93. The summed E-state index contributed by atoms with van der Waals surface area (Å²) in [5.41, 5.74) is 4.37. The summed E-state index contributed by atoms with van der Waals surface area (Å²) < 4.78 is 5.38. The minimum atomic E-state index is 0.698. The first-order valence-electron chi connectivity index (χ1n) is 4.97. The second kappa shape index (κ2) is 6.25. The largest absolute Gasteiger partial charge is 0.493 e. The number of rotatable bonds is 5. The van der Waals surface area contributed by atoms with Crippen molar-refractivity contribution in [3.05, 3.63) is 41.4 Å². The van der Waals surface area contributed by atoms with Gasteiger partial charge in [-0.1, -0.05) is 6.08 Å². The molecule has 0 saturated carbocycles. The highest BCUT2D eigenvalue weighted by atomic mass is 16.5. The first-order chi connectivity index (χ1) is 6.86. The van der Waals surface area contributed by atoms with Crippen LogP contribution < -0.4 is 5.32 Å². The molecule has 0 heterocycles. The van der Waals surface area contributed by atoms with Crippen molar-refractivity contribution < 1.29 is 4.74 Å². The van der Waals surface area contributed by atoms with E-state index >= 15 is 0 Å². The van der Waals surface area contributed by atoms with E-state index in [1.807, 2.05) is 32.2 Å². The smallest absolute Gasteiger partial charge is 0.126 e. The molecule has 0 aromatic rings. The van der Waals surface area contributed by atoms with E-state index in [1.54, 1.807) is 0 Å². The molecule has 76 valence electrons. The van der Waals surface area contributed by atoms with Crippen molar-refractivity contribution in [2.75, 3.05) is 20.2 Å².